The molecule has 1 aliphatic heterocycles. The number of terminal acetylenes is 1. The van der Waals surface area contributed by atoms with Crippen molar-refractivity contribution in [2.75, 3.05) is 6.61 Å². The van der Waals surface area contributed by atoms with Gasteiger partial charge in [0.05, 0.1) is 18.8 Å². The fourth-order valence-corrected chi connectivity index (χ4v) is 1.40. The summed E-state index contributed by atoms with van der Waals surface area (Å²) in [4.78, 5) is 0. The van der Waals surface area contributed by atoms with Crippen LogP contribution in [0.15, 0.2) is 0 Å². The van der Waals surface area contributed by atoms with Crippen molar-refractivity contribution in [2.24, 2.45) is 0 Å². The molecule has 1 N–H and O–H groups in total. The minimum atomic E-state index is -0.513. The minimum absolute atomic E-state index is 0.0293. The zero-order valence-corrected chi connectivity index (χ0v) is 8.12. The van der Waals surface area contributed by atoms with Crippen LogP contribution in [-0.4, -0.2) is 29.7 Å². The zero-order valence-electron chi connectivity index (χ0n) is 8.12. The second-order valence-corrected chi connectivity index (χ2v) is 3.75. The van der Waals surface area contributed by atoms with Crippen molar-refractivity contribution in [3.05, 3.63) is 0 Å². The lowest BCUT2D eigenvalue weighted by Gasteiger charge is -2.18. The van der Waals surface area contributed by atoms with Crippen LogP contribution in [0.5, 0.6) is 0 Å². The maximum atomic E-state index is 9.40. The van der Waals surface area contributed by atoms with Crippen molar-refractivity contribution in [1.29, 1.82) is 0 Å². The third-order valence-corrected chi connectivity index (χ3v) is 1.96. The van der Waals surface area contributed by atoms with Gasteiger partial charge in [0.25, 0.3) is 0 Å². The largest absolute Gasteiger partial charge is 0.392 e. The molecule has 3 nitrogen and oxygen atoms in total. The highest BCUT2D eigenvalue weighted by Gasteiger charge is 2.33. The van der Waals surface area contributed by atoms with Crippen molar-refractivity contribution in [3.8, 4) is 12.3 Å². The van der Waals surface area contributed by atoms with Gasteiger partial charge in [0.15, 0.2) is 5.79 Å². The van der Waals surface area contributed by atoms with Gasteiger partial charge in [-0.1, -0.05) is 0 Å². The lowest BCUT2D eigenvalue weighted by atomic mass is 10.1. The molecule has 74 valence electrons. The highest BCUT2D eigenvalue weighted by molar-refractivity contribution is 4.88. The third kappa shape index (κ3) is 3.35. The summed E-state index contributed by atoms with van der Waals surface area (Å²) in [7, 11) is 0. The smallest absolute Gasteiger partial charge is 0.163 e. The van der Waals surface area contributed by atoms with E-state index in [2.05, 4.69) is 5.92 Å². The van der Waals surface area contributed by atoms with E-state index in [1.807, 2.05) is 13.8 Å². The molecule has 13 heavy (non-hydrogen) atoms. The van der Waals surface area contributed by atoms with Gasteiger partial charge >= 0.3 is 0 Å². The fourth-order valence-electron chi connectivity index (χ4n) is 1.40. The summed E-state index contributed by atoms with van der Waals surface area (Å²) in [5.41, 5.74) is 0. The first-order chi connectivity index (χ1) is 6.03. The molecule has 3 heteroatoms. The molecule has 0 radical (unpaired) electrons. The minimum Gasteiger partial charge on any atom is -0.392 e. The molecule has 0 saturated carbocycles. The number of hydrogen-bond donors (Lipinski definition) is 1. The van der Waals surface area contributed by atoms with Gasteiger partial charge in [-0.05, 0) is 13.8 Å². The number of ether oxygens (including phenoxy) is 2. The van der Waals surface area contributed by atoms with Gasteiger partial charge < -0.3 is 14.6 Å². The molecule has 0 amide bonds. The normalized spacial score (nSPS) is 28.3. The molecular formula is C10H16O3. The molecule has 1 saturated heterocycles. The Morgan fingerprint density at radius 3 is 2.85 bits per heavy atom. The second-order valence-electron chi connectivity index (χ2n) is 3.75. The zero-order chi connectivity index (χ0) is 9.90. The Morgan fingerprint density at radius 1 is 1.69 bits per heavy atom. The van der Waals surface area contributed by atoms with Crippen LogP contribution in [0.4, 0.5) is 0 Å². The van der Waals surface area contributed by atoms with E-state index in [4.69, 9.17) is 15.9 Å². The first-order valence-electron chi connectivity index (χ1n) is 4.47. The molecule has 1 rings (SSSR count). The van der Waals surface area contributed by atoms with Crippen LogP contribution in [0.1, 0.15) is 26.7 Å². The monoisotopic (exact) mass is 184 g/mol. The Bertz CT molecular complexity index is 205. The fraction of sp³-hybridized carbons (Fsp3) is 0.800. The van der Waals surface area contributed by atoms with Crippen molar-refractivity contribution < 1.29 is 14.6 Å². The van der Waals surface area contributed by atoms with Gasteiger partial charge in [-0.25, -0.2) is 0 Å². The maximum Gasteiger partial charge on any atom is 0.163 e. The van der Waals surface area contributed by atoms with E-state index < -0.39 is 11.9 Å². The van der Waals surface area contributed by atoms with Crippen molar-refractivity contribution >= 4 is 0 Å². The van der Waals surface area contributed by atoms with Gasteiger partial charge in [-0.15, -0.1) is 12.3 Å². The van der Waals surface area contributed by atoms with E-state index in [0.717, 1.165) is 0 Å². The molecule has 1 heterocycles. The first kappa shape index (κ1) is 10.5. The standard InChI is InChI=1S/C10H16O3/c1-4-5-8(11)6-9-7-12-10(2,3)13-9/h1,8-9,11H,5-7H2,2-3H3/t8-,9+/m1/s1. The molecule has 0 spiro atoms. The molecule has 0 unspecified atom stereocenters. The molecular weight excluding hydrogens is 168 g/mol. The lowest BCUT2D eigenvalue weighted by molar-refractivity contribution is -0.141. The van der Waals surface area contributed by atoms with E-state index >= 15 is 0 Å². The number of rotatable bonds is 3. The average molecular weight is 184 g/mol. The van der Waals surface area contributed by atoms with E-state index in [9.17, 15) is 5.11 Å². The van der Waals surface area contributed by atoms with Crippen LogP contribution in [-0.2, 0) is 9.47 Å². The highest BCUT2D eigenvalue weighted by Crippen LogP contribution is 2.25. The lowest BCUT2D eigenvalue weighted by Crippen LogP contribution is -2.24. The first-order valence-corrected chi connectivity index (χ1v) is 4.47. The summed E-state index contributed by atoms with van der Waals surface area (Å²) >= 11 is 0. The SMILES string of the molecule is C#CC[C@@H](O)C[C@H]1COC(C)(C)O1. The third-order valence-electron chi connectivity index (χ3n) is 1.96. The van der Waals surface area contributed by atoms with Crippen LogP contribution in [0.3, 0.4) is 0 Å². The van der Waals surface area contributed by atoms with Crippen LogP contribution in [0, 0.1) is 12.3 Å². The van der Waals surface area contributed by atoms with Gasteiger partial charge in [-0.2, -0.15) is 0 Å². The van der Waals surface area contributed by atoms with Crippen molar-refractivity contribution in [3.63, 3.8) is 0 Å². The Morgan fingerprint density at radius 2 is 2.38 bits per heavy atom. The van der Waals surface area contributed by atoms with Crippen LogP contribution in [0.2, 0.25) is 0 Å². The van der Waals surface area contributed by atoms with Crippen LogP contribution >= 0.6 is 0 Å². The van der Waals surface area contributed by atoms with Crippen LogP contribution in [0.25, 0.3) is 0 Å². The maximum absolute atomic E-state index is 9.40. The summed E-state index contributed by atoms with van der Waals surface area (Å²) in [5, 5.41) is 9.40. The summed E-state index contributed by atoms with van der Waals surface area (Å²) < 4.78 is 10.9. The molecule has 0 aromatic carbocycles. The molecule has 1 fully saturated rings. The topological polar surface area (TPSA) is 38.7 Å². The number of aliphatic hydroxyl groups excluding tert-OH is 1. The quantitative estimate of drug-likeness (QED) is 0.663. The predicted molar refractivity (Wildman–Crippen MR) is 49.0 cm³/mol. The summed E-state index contributed by atoms with van der Waals surface area (Å²) in [6, 6.07) is 0. The molecule has 2 atom stereocenters. The molecule has 0 aliphatic carbocycles. The van der Waals surface area contributed by atoms with E-state index in [1.54, 1.807) is 0 Å². The molecule has 0 aromatic heterocycles. The molecule has 0 aromatic rings. The van der Waals surface area contributed by atoms with Crippen molar-refractivity contribution in [2.45, 2.75) is 44.7 Å². The van der Waals surface area contributed by atoms with Gasteiger partial charge in [0, 0.05) is 12.8 Å². The van der Waals surface area contributed by atoms with E-state index in [0.29, 0.717) is 19.4 Å². The Balaban J connectivity index is 2.29. The summed E-state index contributed by atoms with van der Waals surface area (Å²) in [6.07, 6.45) is 5.49. The summed E-state index contributed by atoms with van der Waals surface area (Å²) in [6.45, 7) is 4.26. The number of aliphatic hydroxyl groups is 1. The Kier molecular flexibility index (Phi) is 3.32. The van der Waals surface area contributed by atoms with E-state index in [-0.39, 0.29) is 6.10 Å². The van der Waals surface area contributed by atoms with Crippen LogP contribution < -0.4 is 0 Å². The highest BCUT2D eigenvalue weighted by atomic mass is 16.7. The van der Waals surface area contributed by atoms with Gasteiger partial charge in [0.1, 0.15) is 0 Å². The Hall–Kier alpha value is -0.560. The van der Waals surface area contributed by atoms with E-state index in [1.165, 1.54) is 0 Å². The molecule has 1 aliphatic rings. The summed E-state index contributed by atoms with van der Waals surface area (Å²) in [5.74, 6) is 1.90. The molecule has 0 bridgehead atoms. The average Bonchev–Trinajstić information content (AvgIpc) is 2.30. The predicted octanol–water partition coefficient (Wildman–Crippen LogP) is 0.912. The van der Waals surface area contributed by atoms with Gasteiger partial charge in [0.2, 0.25) is 0 Å². The number of hydrogen-bond acceptors (Lipinski definition) is 3. The van der Waals surface area contributed by atoms with Crippen molar-refractivity contribution in [1.82, 2.24) is 0 Å². The van der Waals surface area contributed by atoms with Gasteiger partial charge in [-0.3, -0.25) is 0 Å². The second kappa shape index (κ2) is 4.10. The Labute approximate surface area is 79.0 Å².